The standard InChI is InChI=1S/C12H19ClN2O/c1-8-7-10(16-4)12(9(2)11(8)13)15-6-5-14-3/h7,14-15H,5-6H2,1-4H3. The van der Waals surface area contributed by atoms with Crippen LogP contribution in [-0.4, -0.2) is 27.2 Å². The highest BCUT2D eigenvalue weighted by Gasteiger charge is 2.11. The van der Waals surface area contributed by atoms with Crippen LogP contribution in [0.5, 0.6) is 5.75 Å². The molecule has 0 aliphatic rings. The third-order valence-electron chi connectivity index (χ3n) is 2.54. The lowest BCUT2D eigenvalue weighted by Gasteiger charge is -2.16. The van der Waals surface area contributed by atoms with Crippen LogP contribution in [0.3, 0.4) is 0 Å². The van der Waals surface area contributed by atoms with Crippen molar-refractivity contribution in [2.24, 2.45) is 0 Å². The number of halogens is 1. The van der Waals surface area contributed by atoms with Gasteiger partial charge in [-0.1, -0.05) is 11.6 Å². The smallest absolute Gasteiger partial charge is 0.142 e. The molecule has 0 aliphatic heterocycles. The molecule has 0 radical (unpaired) electrons. The Hall–Kier alpha value is -0.930. The largest absolute Gasteiger partial charge is 0.495 e. The topological polar surface area (TPSA) is 33.3 Å². The molecule has 3 nitrogen and oxygen atoms in total. The molecule has 1 aromatic carbocycles. The van der Waals surface area contributed by atoms with Gasteiger partial charge in [-0.15, -0.1) is 0 Å². The van der Waals surface area contributed by atoms with E-state index in [-0.39, 0.29) is 0 Å². The van der Waals surface area contributed by atoms with Crippen LogP contribution in [0.4, 0.5) is 5.69 Å². The quantitative estimate of drug-likeness (QED) is 0.779. The summed E-state index contributed by atoms with van der Waals surface area (Å²) in [6.07, 6.45) is 0. The normalized spacial score (nSPS) is 10.3. The molecular weight excluding hydrogens is 224 g/mol. The van der Waals surface area contributed by atoms with Crippen molar-refractivity contribution in [1.29, 1.82) is 0 Å². The van der Waals surface area contributed by atoms with Gasteiger partial charge < -0.3 is 15.4 Å². The van der Waals surface area contributed by atoms with Gasteiger partial charge in [0, 0.05) is 18.1 Å². The zero-order valence-corrected chi connectivity index (χ0v) is 11.0. The first kappa shape index (κ1) is 13.1. The van der Waals surface area contributed by atoms with Crippen LogP contribution in [0.25, 0.3) is 0 Å². The Labute approximate surface area is 102 Å². The summed E-state index contributed by atoms with van der Waals surface area (Å²) in [7, 11) is 3.60. The number of rotatable bonds is 5. The number of hydrogen-bond acceptors (Lipinski definition) is 3. The summed E-state index contributed by atoms with van der Waals surface area (Å²) in [6, 6.07) is 1.96. The summed E-state index contributed by atoms with van der Waals surface area (Å²) in [6.45, 7) is 5.72. The summed E-state index contributed by atoms with van der Waals surface area (Å²) in [4.78, 5) is 0. The molecule has 0 unspecified atom stereocenters. The molecule has 0 saturated heterocycles. The third kappa shape index (κ3) is 2.80. The number of hydrogen-bond donors (Lipinski definition) is 2. The van der Waals surface area contributed by atoms with E-state index in [4.69, 9.17) is 16.3 Å². The molecule has 0 saturated carbocycles. The molecule has 90 valence electrons. The minimum Gasteiger partial charge on any atom is -0.495 e. The predicted molar refractivity (Wildman–Crippen MR) is 69.9 cm³/mol. The lowest BCUT2D eigenvalue weighted by atomic mass is 10.1. The van der Waals surface area contributed by atoms with E-state index >= 15 is 0 Å². The fourth-order valence-corrected chi connectivity index (χ4v) is 1.76. The molecule has 0 heterocycles. The van der Waals surface area contributed by atoms with E-state index in [1.54, 1.807) is 7.11 Å². The SMILES string of the molecule is CNCCNc1c(OC)cc(C)c(Cl)c1C. The monoisotopic (exact) mass is 242 g/mol. The molecule has 0 aliphatic carbocycles. The maximum Gasteiger partial charge on any atom is 0.142 e. The number of aryl methyl sites for hydroxylation is 1. The molecule has 0 bridgehead atoms. The number of anilines is 1. The average Bonchev–Trinajstić information content (AvgIpc) is 2.29. The summed E-state index contributed by atoms with van der Waals surface area (Å²) >= 11 is 6.21. The van der Waals surface area contributed by atoms with Crippen LogP contribution >= 0.6 is 11.6 Å². The number of benzene rings is 1. The van der Waals surface area contributed by atoms with Gasteiger partial charge in [0.15, 0.2) is 0 Å². The van der Waals surface area contributed by atoms with Crippen molar-refractivity contribution in [1.82, 2.24) is 5.32 Å². The van der Waals surface area contributed by atoms with E-state index in [0.29, 0.717) is 0 Å². The van der Waals surface area contributed by atoms with Crippen molar-refractivity contribution in [3.63, 3.8) is 0 Å². The van der Waals surface area contributed by atoms with Crippen LogP contribution in [-0.2, 0) is 0 Å². The second kappa shape index (κ2) is 5.97. The van der Waals surface area contributed by atoms with Gasteiger partial charge in [-0.05, 0) is 38.1 Å². The summed E-state index contributed by atoms with van der Waals surface area (Å²) in [5.41, 5.74) is 3.05. The lowest BCUT2D eigenvalue weighted by molar-refractivity contribution is 0.416. The Morgan fingerprint density at radius 1 is 1.31 bits per heavy atom. The van der Waals surface area contributed by atoms with Gasteiger partial charge in [-0.25, -0.2) is 0 Å². The zero-order chi connectivity index (χ0) is 12.1. The van der Waals surface area contributed by atoms with Crippen molar-refractivity contribution in [2.45, 2.75) is 13.8 Å². The van der Waals surface area contributed by atoms with Crippen molar-refractivity contribution >= 4 is 17.3 Å². The van der Waals surface area contributed by atoms with E-state index in [9.17, 15) is 0 Å². The number of nitrogens with one attached hydrogen (secondary N) is 2. The van der Waals surface area contributed by atoms with Crippen molar-refractivity contribution in [3.05, 3.63) is 22.2 Å². The lowest BCUT2D eigenvalue weighted by Crippen LogP contribution is -2.18. The molecule has 0 spiro atoms. The van der Waals surface area contributed by atoms with Crippen LogP contribution in [0, 0.1) is 13.8 Å². The van der Waals surface area contributed by atoms with Gasteiger partial charge in [0.05, 0.1) is 12.8 Å². The van der Waals surface area contributed by atoms with Gasteiger partial charge in [0.1, 0.15) is 5.75 Å². The number of likely N-dealkylation sites (N-methyl/N-ethyl adjacent to an activating group) is 1. The maximum absolute atomic E-state index is 6.21. The second-order valence-electron chi connectivity index (χ2n) is 3.74. The van der Waals surface area contributed by atoms with E-state index in [2.05, 4.69) is 10.6 Å². The zero-order valence-electron chi connectivity index (χ0n) is 10.3. The Morgan fingerprint density at radius 3 is 2.56 bits per heavy atom. The Balaban J connectivity index is 3.00. The number of ether oxygens (including phenoxy) is 1. The summed E-state index contributed by atoms with van der Waals surface area (Å²) in [5, 5.41) is 7.21. The molecule has 0 amide bonds. The highest BCUT2D eigenvalue weighted by Crippen LogP contribution is 2.35. The van der Waals surface area contributed by atoms with Crippen molar-refractivity contribution in [3.8, 4) is 5.75 Å². The van der Waals surface area contributed by atoms with Crippen LogP contribution in [0.1, 0.15) is 11.1 Å². The highest BCUT2D eigenvalue weighted by atomic mass is 35.5. The Morgan fingerprint density at radius 2 is 2.00 bits per heavy atom. The predicted octanol–water partition coefficient (Wildman–Crippen LogP) is 2.60. The van der Waals surface area contributed by atoms with Gasteiger partial charge >= 0.3 is 0 Å². The average molecular weight is 243 g/mol. The highest BCUT2D eigenvalue weighted by molar-refractivity contribution is 6.32. The fraction of sp³-hybridized carbons (Fsp3) is 0.500. The van der Waals surface area contributed by atoms with Crippen LogP contribution in [0.15, 0.2) is 6.07 Å². The third-order valence-corrected chi connectivity index (χ3v) is 3.12. The first-order chi connectivity index (χ1) is 7.61. The minimum atomic E-state index is 0.799. The minimum absolute atomic E-state index is 0.799. The van der Waals surface area contributed by atoms with Gasteiger partial charge in [0.25, 0.3) is 0 Å². The Kier molecular flexibility index (Phi) is 4.90. The van der Waals surface area contributed by atoms with E-state index in [1.807, 2.05) is 27.0 Å². The van der Waals surface area contributed by atoms with Gasteiger partial charge in [0.2, 0.25) is 0 Å². The molecule has 0 aromatic heterocycles. The molecule has 0 fully saturated rings. The van der Waals surface area contributed by atoms with Gasteiger partial charge in [-0.3, -0.25) is 0 Å². The van der Waals surface area contributed by atoms with Gasteiger partial charge in [-0.2, -0.15) is 0 Å². The number of methoxy groups -OCH3 is 1. The molecular formula is C12H19ClN2O. The second-order valence-corrected chi connectivity index (χ2v) is 4.12. The molecule has 16 heavy (non-hydrogen) atoms. The van der Waals surface area contributed by atoms with Crippen molar-refractivity contribution < 1.29 is 4.74 Å². The van der Waals surface area contributed by atoms with E-state index < -0.39 is 0 Å². The first-order valence-corrected chi connectivity index (χ1v) is 5.71. The molecule has 1 rings (SSSR count). The fourth-order valence-electron chi connectivity index (χ4n) is 1.62. The first-order valence-electron chi connectivity index (χ1n) is 5.34. The van der Waals surface area contributed by atoms with E-state index in [0.717, 1.165) is 40.7 Å². The Bertz CT molecular complexity index is 367. The van der Waals surface area contributed by atoms with Crippen LogP contribution < -0.4 is 15.4 Å². The van der Waals surface area contributed by atoms with E-state index in [1.165, 1.54) is 0 Å². The molecule has 1 aromatic rings. The maximum atomic E-state index is 6.21. The summed E-state index contributed by atoms with van der Waals surface area (Å²) in [5.74, 6) is 0.843. The van der Waals surface area contributed by atoms with Crippen molar-refractivity contribution in [2.75, 3.05) is 32.6 Å². The molecule has 4 heteroatoms. The molecule has 2 N–H and O–H groups in total. The summed E-state index contributed by atoms with van der Waals surface area (Å²) < 4.78 is 5.35. The van der Waals surface area contributed by atoms with Crippen LogP contribution in [0.2, 0.25) is 5.02 Å². The molecule has 0 atom stereocenters.